The molecule has 0 fully saturated rings. The van der Waals surface area contributed by atoms with E-state index in [-0.39, 0.29) is 103 Å². The average molecular weight is 210 g/mol. The molecule has 5 nitrogen and oxygen atoms in total. The molecule has 0 aromatic rings. The van der Waals surface area contributed by atoms with Crippen LogP contribution in [0.5, 0.6) is 0 Å². The van der Waals surface area contributed by atoms with Gasteiger partial charge in [0.25, 0.3) is 0 Å². The van der Waals surface area contributed by atoms with Crippen molar-refractivity contribution in [3.8, 4) is 0 Å². The zero-order valence-electron chi connectivity index (χ0n) is 6.36. The number of aliphatic hydroxyl groups is 1. The van der Waals surface area contributed by atoms with Gasteiger partial charge in [-0.15, -0.1) is 0 Å². The number of rotatable bonds is 3. The van der Waals surface area contributed by atoms with Crippen LogP contribution in [-0.2, 0) is 9.59 Å². The van der Waals surface area contributed by atoms with Crippen LogP contribution in [0.3, 0.4) is 0 Å². The van der Waals surface area contributed by atoms with Crippen LogP contribution < -0.4 is 113 Å². The quantitative estimate of drug-likeness (QED) is 0.466. The summed E-state index contributed by atoms with van der Waals surface area (Å²) in [6, 6.07) is 0. The van der Waals surface area contributed by atoms with E-state index in [1.165, 1.54) is 0 Å². The summed E-state index contributed by atoms with van der Waals surface area (Å²) < 4.78 is 0. The maximum Gasteiger partial charge on any atom is 1.00 e. The molecule has 0 bridgehead atoms. The maximum absolute atomic E-state index is 9.58. The van der Waals surface area contributed by atoms with Gasteiger partial charge in [0.1, 0.15) is 0 Å². The Hall–Kier alpha value is 2.17. The normalized spacial score (nSPS) is 10.3. The molecule has 7 heteroatoms. The molecule has 0 aromatic heterocycles. The van der Waals surface area contributed by atoms with Gasteiger partial charge in [-0.1, -0.05) is 0 Å². The van der Waals surface area contributed by atoms with Gasteiger partial charge in [0.05, 0.1) is 12.1 Å². The molecule has 1 N–H and O–H groups in total. The van der Waals surface area contributed by atoms with Gasteiger partial charge >= 0.3 is 103 Å². The van der Waals surface area contributed by atoms with Gasteiger partial charge in [-0.25, -0.2) is 0 Å². The summed E-state index contributed by atoms with van der Waals surface area (Å²) in [7, 11) is 0. The van der Waals surface area contributed by atoms with Crippen molar-refractivity contribution in [3.63, 3.8) is 0 Å². The van der Waals surface area contributed by atoms with E-state index in [2.05, 4.69) is 0 Å². The second-order valence-electron chi connectivity index (χ2n) is 1.41. The SMILES string of the molecule is O=C([O-])C[C@H](O)C(=O)[O-].[K+].[K+]. The summed E-state index contributed by atoms with van der Waals surface area (Å²) in [4.78, 5) is 19.1. The van der Waals surface area contributed by atoms with Crippen LogP contribution >= 0.6 is 0 Å². The largest absolute Gasteiger partial charge is 1.00 e. The first-order valence-electron chi connectivity index (χ1n) is 2.13. The van der Waals surface area contributed by atoms with Crippen LogP contribution in [0, 0.1) is 0 Å². The molecule has 52 valence electrons. The fourth-order valence-corrected chi connectivity index (χ4v) is 0.241. The number of aliphatic hydroxyl groups excluding tert-OH is 1. The monoisotopic (exact) mass is 210 g/mol. The van der Waals surface area contributed by atoms with Crippen molar-refractivity contribution in [1.82, 2.24) is 0 Å². The van der Waals surface area contributed by atoms with Crippen molar-refractivity contribution in [2.24, 2.45) is 0 Å². The fraction of sp³-hybridized carbons (Fsp3) is 0.500. The van der Waals surface area contributed by atoms with E-state index < -0.39 is 24.5 Å². The van der Waals surface area contributed by atoms with E-state index in [4.69, 9.17) is 5.11 Å². The molecular formula is C4H4K2O5. The van der Waals surface area contributed by atoms with Crippen LogP contribution in [0.15, 0.2) is 0 Å². The first-order valence-corrected chi connectivity index (χ1v) is 2.13. The fourth-order valence-electron chi connectivity index (χ4n) is 0.241. The van der Waals surface area contributed by atoms with Crippen molar-refractivity contribution >= 4 is 11.9 Å². The first kappa shape index (κ1) is 18.9. The Bertz CT molecular complexity index is 136. The molecule has 1 atom stereocenters. The zero-order valence-corrected chi connectivity index (χ0v) is 12.6. The minimum Gasteiger partial charge on any atom is -0.550 e. The van der Waals surface area contributed by atoms with Gasteiger partial charge < -0.3 is 24.9 Å². The molecule has 0 spiro atoms. The number of carbonyl (C=O) groups excluding carboxylic acids is 2. The molecule has 0 saturated carbocycles. The van der Waals surface area contributed by atoms with E-state index >= 15 is 0 Å². The van der Waals surface area contributed by atoms with E-state index in [1.807, 2.05) is 0 Å². The van der Waals surface area contributed by atoms with Crippen LogP contribution in [-0.4, -0.2) is 23.1 Å². The molecule has 0 radical (unpaired) electrons. The second-order valence-corrected chi connectivity index (χ2v) is 1.41. The smallest absolute Gasteiger partial charge is 0.550 e. The van der Waals surface area contributed by atoms with Crippen molar-refractivity contribution < 1.29 is 128 Å². The molecule has 0 aliphatic rings. The number of hydrogen-bond donors (Lipinski definition) is 1. The van der Waals surface area contributed by atoms with Crippen LogP contribution in [0.4, 0.5) is 0 Å². The molecule has 0 saturated heterocycles. The Kier molecular flexibility index (Phi) is 17.6. The molecule has 0 unspecified atom stereocenters. The third kappa shape index (κ3) is 12.2. The summed E-state index contributed by atoms with van der Waals surface area (Å²) in [5.74, 6) is -3.43. The van der Waals surface area contributed by atoms with E-state index in [1.54, 1.807) is 0 Å². The van der Waals surface area contributed by atoms with Gasteiger partial charge in [0.15, 0.2) is 0 Å². The van der Waals surface area contributed by atoms with Crippen molar-refractivity contribution in [2.75, 3.05) is 0 Å². The van der Waals surface area contributed by atoms with Crippen LogP contribution in [0.1, 0.15) is 6.42 Å². The topological polar surface area (TPSA) is 100 Å². The third-order valence-electron chi connectivity index (χ3n) is 0.632. The van der Waals surface area contributed by atoms with Crippen LogP contribution in [0.2, 0.25) is 0 Å². The van der Waals surface area contributed by atoms with Gasteiger partial charge in [0, 0.05) is 12.4 Å². The number of carboxylic acid groups (broad SMARTS) is 2. The van der Waals surface area contributed by atoms with E-state index in [9.17, 15) is 19.8 Å². The third-order valence-corrected chi connectivity index (χ3v) is 0.632. The Balaban J connectivity index is -0.000000320. The predicted octanol–water partition coefficient (Wildman–Crippen LogP) is -9.75. The van der Waals surface area contributed by atoms with Gasteiger partial charge in [-0.05, 0) is 0 Å². The molecule has 0 aromatic carbocycles. The number of carbonyl (C=O) groups is 2. The van der Waals surface area contributed by atoms with E-state index in [0.717, 1.165) is 0 Å². The summed E-state index contributed by atoms with van der Waals surface area (Å²) in [6.07, 6.45) is -2.89. The molecule has 11 heavy (non-hydrogen) atoms. The minimum absolute atomic E-state index is 0. The maximum atomic E-state index is 9.58. The molecule has 0 heterocycles. The Morgan fingerprint density at radius 2 is 1.64 bits per heavy atom. The van der Waals surface area contributed by atoms with E-state index in [0.29, 0.717) is 0 Å². The zero-order chi connectivity index (χ0) is 7.44. The van der Waals surface area contributed by atoms with Crippen LogP contribution in [0.25, 0.3) is 0 Å². The van der Waals surface area contributed by atoms with Crippen molar-refractivity contribution in [2.45, 2.75) is 12.5 Å². The number of aliphatic carboxylic acids is 2. The Labute approximate surface area is 148 Å². The van der Waals surface area contributed by atoms with Crippen molar-refractivity contribution in [3.05, 3.63) is 0 Å². The Morgan fingerprint density at radius 3 is 1.73 bits per heavy atom. The standard InChI is InChI=1S/C4H6O5.2K/c5-2(4(8)9)1-3(6)7;;/h2,5H,1H2,(H,6,7)(H,8,9);;/q;2*+1/p-2/t2-;;/m0../s1. The molecular weight excluding hydrogens is 206 g/mol. The van der Waals surface area contributed by atoms with Gasteiger partial charge in [-0.2, -0.15) is 0 Å². The first-order chi connectivity index (χ1) is 4.04. The summed E-state index contributed by atoms with van der Waals surface area (Å²) in [5.41, 5.74) is 0. The molecule has 0 amide bonds. The number of hydrogen-bond acceptors (Lipinski definition) is 5. The second kappa shape index (κ2) is 10.3. The summed E-state index contributed by atoms with van der Waals surface area (Å²) in [6.45, 7) is 0. The molecule has 0 aliphatic heterocycles. The summed E-state index contributed by atoms with van der Waals surface area (Å²) >= 11 is 0. The Morgan fingerprint density at radius 1 is 1.27 bits per heavy atom. The van der Waals surface area contributed by atoms with Crippen molar-refractivity contribution in [1.29, 1.82) is 0 Å². The summed E-state index contributed by atoms with van der Waals surface area (Å²) in [5, 5.41) is 27.3. The minimum atomic E-state index is -1.96. The van der Waals surface area contributed by atoms with Gasteiger partial charge in [-0.3, -0.25) is 0 Å². The molecule has 0 aliphatic carbocycles. The number of carboxylic acids is 2. The molecule has 0 rings (SSSR count). The van der Waals surface area contributed by atoms with Gasteiger partial charge in [0.2, 0.25) is 0 Å². The predicted molar refractivity (Wildman–Crippen MR) is 20.6 cm³/mol. The average Bonchev–Trinajstić information content (AvgIpc) is 1.63.